The largest absolute Gasteiger partial charge is 0.486 e. The van der Waals surface area contributed by atoms with E-state index in [0.29, 0.717) is 43.5 Å². The Balaban J connectivity index is 1.18. The summed E-state index contributed by atoms with van der Waals surface area (Å²) in [5, 5.41) is 3.01. The van der Waals surface area contributed by atoms with Crippen LogP contribution in [0.2, 0.25) is 0 Å². The fourth-order valence-electron chi connectivity index (χ4n) is 3.39. The number of nitrogens with zero attached hydrogens (tertiary/aromatic N) is 1. The molecule has 0 radical (unpaired) electrons. The van der Waals surface area contributed by atoms with Crippen molar-refractivity contribution in [3.63, 3.8) is 0 Å². The number of hydrazine groups is 1. The van der Waals surface area contributed by atoms with Gasteiger partial charge in [-0.05, 0) is 49.9 Å². The lowest BCUT2D eigenvalue weighted by atomic mass is 9.96. The van der Waals surface area contributed by atoms with Crippen LogP contribution in [0.3, 0.4) is 0 Å². The maximum absolute atomic E-state index is 12.3. The fourth-order valence-corrected chi connectivity index (χ4v) is 3.39. The van der Waals surface area contributed by atoms with Crippen LogP contribution in [-0.4, -0.2) is 41.9 Å². The van der Waals surface area contributed by atoms with Crippen molar-refractivity contribution < 1.29 is 23.5 Å². The number of nitrogens with one attached hydrogen (secondary N) is 3. The number of rotatable bonds is 6. The van der Waals surface area contributed by atoms with Crippen molar-refractivity contribution in [1.29, 1.82) is 0 Å². The zero-order valence-corrected chi connectivity index (χ0v) is 17.1. The van der Waals surface area contributed by atoms with Crippen LogP contribution in [0.1, 0.15) is 42.0 Å². The van der Waals surface area contributed by atoms with Crippen molar-refractivity contribution in [3.8, 4) is 5.75 Å². The number of carbonyl (C=O) groups excluding carboxylic acids is 3. The molecule has 0 bridgehead atoms. The number of piperidine rings is 1. The van der Waals surface area contributed by atoms with Crippen molar-refractivity contribution >= 4 is 17.8 Å². The maximum Gasteiger partial charge on any atom is 0.336 e. The highest BCUT2D eigenvalue weighted by Crippen LogP contribution is 2.22. The molecule has 0 atom stereocenters. The zero-order chi connectivity index (χ0) is 21.6. The third-order valence-electron chi connectivity index (χ3n) is 5.37. The van der Waals surface area contributed by atoms with Gasteiger partial charge < -0.3 is 19.4 Å². The molecule has 9 nitrogen and oxygen atoms in total. The quantitative estimate of drug-likeness (QED) is 0.613. The summed E-state index contributed by atoms with van der Waals surface area (Å²) in [6.45, 7) is 1.12. The summed E-state index contributed by atoms with van der Waals surface area (Å²) < 4.78 is 11.1. The van der Waals surface area contributed by atoms with Crippen molar-refractivity contribution in [3.05, 3.63) is 54.0 Å². The van der Waals surface area contributed by atoms with Gasteiger partial charge in [0.05, 0.1) is 0 Å². The number of urea groups is 1. The topological polar surface area (TPSA) is 113 Å². The van der Waals surface area contributed by atoms with Crippen LogP contribution in [0.5, 0.6) is 5.75 Å². The normalized spacial score (nSPS) is 16.5. The molecule has 9 heteroatoms. The van der Waals surface area contributed by atoms with Gasteiger partial charge in [-0.15, -0.1) is 0 Å². The molecule has 4 amide bonds. The van der Waals surface area contributed by atoms with E-state index < -0.39 is 11.9 Å². The first-order valence-corrected chi connectivity index (χ1v) is 10.5. The van der Waals surface area contributed by atoms with E-state index in [1.807, 2.05) is 30.3 Å². The smallest absolute Gasteiger partial charge is 0.336 e. The molecule has 2 aliphatic rings. The average molecular weight is 426 g/mol. The van der Waals surface area contributed by atoms with Crippen molar-refractivity contribution in [2.45, 2.75) is 38.3 Å². The lowest BCUT2D eigenvalue weighted by Crippen LogP contribution is -2.52. The van der Waals surface area contributed by atoms with Gasteiger partial charge in [-0.1, -0.05) is 18.2 Å². The summed E-state index contributed by atoms with van der Waals surface area (Å²) >= 11 is 0. The first-order chi connectivity index (χ1) is 15.1. The molecule has 1 aromatic heterocycles. The number of para-hydroxylation sites is 1. The lowest BCUT2D eigenvalue weighted by molar-refractivity contribution is -0.126. The summed E-state index contributed by atoms with van der Waals surface area (Å²) in [5.74, 6) is 0.734. The third kappa shape index (κ3) is 5.78. The number of benzene rings is 1. The Morgan fingerprint density at radius 3 is 2.42 bits per heavy atom. The molecule has 1 saturated carbocycles. The van der Waals surface area contributed by atoms with Gasteiger partial charge in [0.2, 0.25) is 5.91 Å². The van der Waals surface area contributed by atoms with Crippen LogP contribution in [0, 0.1) is 5.92 Å². The number of likely N-dealkylation sites (tertiary alicyclic amines) is 1. The Morgan fingerprint density at radius 2 is 1.71 bits per heavy atom. The van der Waals surface area contributed by atoms with Gasteiger partial charge in [0.15, 0.2) is 5.76 Å². The SMILES string of the molecule is O=C(NNC(=O)N1CCC(C(=O)NC2CC2)CC1)c1ccc(COc2ccccc2)o1. The molecular weight excluding hydrogens is 400 g/mol. The first kappa shape index (κ1) is 20.8. The number of ether oxygens (including phenoxy) is 1. The number of carbonyl (C=O) groups is 3. The molecule has 0 unspecified atom stereocenters. The van der Waals surface area contributed by atoms with E-state index >= 15 is 0 Å². The average Bonchev–Trinajstić information content (AvgIpc) is 3.49. The Bertz CT molecular complexity index is 917. The van der Waals surface area contributed by atoms with Gasteiger partial charge in [-0.3, -0.25) is 15.0 Å². The molecule has 1 saturated heterocycles. The Morgan fingerprint density at radius 1 is 0.968 bits per heavy atom. The number of hydrogen-bond donors (Lipinski definition) is 3. The van der Waals surface area contributed by atoms with E-state index in [0.717, 1.165) is 12.8 Å². The van der Waals surface area contributed by atoms with Crippen LogP contribution < -0.4 is 20.9 Å². The van der Waals surface area contributed by atoms with Crippen molar-refractivity contribution in [2.75, 3.05) is 13.1 Å². The summed E-state index contributed by atoms with van der Waals surface area (Å²) in [4.78, 5) is 38.3. The zero-order valence-electron chi connectivity index (χ0n) is 17.1. The molecule has 31 heavy (non-hydrogen) atoms. The minimum atomic E-state index is -0.557. The molecule has 1 aliphatic heterocycles. The van der Waals surface area contributed by atoms with Crippen molar-refractivity contribution in [2.24, 2.45) is 5.92 Å². The third-order valence-corrected chi connectivity index (χ3v) is 5.37. The molecule has 1 aromatic carbocycles. The molecule has 1 aliphatic carbocycles. The standard InChI is InChI=1S/C22H26N4O5/c27-20(23-16-6-7-16)15-10-12-26(13-11-15)22(29)25-24-21(28)19-9-8-18(31-19)14-30-17-4-2-1-3-5-17/h1-5,8-9,15-16H,6-7,10-14H2,(H,23,27)(H,24,28)(H,25,29). The second-order valence-electron chi connectivity index (χ2n) is 7.80. The van der Waals surface area contributed by atoms with Crippen LogP contribution >= 0.6 is 0 Å². The second kappa shape index (κ2) is 9.55. The predicted octanol–water partition coefficient (Wildman–Crippen LogP) is 2.20. The maximum atomic E-state index is 12.3. The van der Waals surface area contributed by atoms with Crippen LogP contribution in [-0.2, 0) is 11.4 Å². The highest BCUT2D eigenvalue weighted by molar-refractivity contribution is 5.92. The minimum Gasteiger partial charge on any atom is -0.486 e. The van der Waals surface area contributed by atoms with Gasteiger partial charge in [0.1, 0.15) is 18.1 Å². The molecular formula is C22H26N4O5. The van der Waals surface area contributed by atoms with Crippen LogP contribution in [0.15, 0.2) is 46.9 Å². The highest BCUT2D eigenvalue weighted by atomic mass is 16.5. The highest BCUT2D eigenvalue weighted by Gasteiger charge is 2.31. The first-order valence-electron chi connectivity index (χ1n) is 10.5. The summed E-state index contributed by atoms with van der Waals surface area (Å²) in [6, 6.07) is 12.4. The van der Waals surface area contributed by atoms with E-state index in [4.69, 9.17) is 9.15 Å². The van der Waals surface area contributed by atoms with Crippen LogP contribution in [0.25, 0.3) is 0 Å². The van der Waals surface area contributed by atoms with Gasteiger partial charge >= 0.3 is 11.9 Å². The van der Waals surface area contributed by atoms with E-state index in [9.17, 15) is 14.4 Å². The summed E-state index contributed by atoms with van der Waals surface area (Å²) in [6.07, 6.45) is 3.35. The second-order valence-corrected chi connectivity index (χ2v) is 7.80. The van der Waals surface area contributed by atoms with E-state index in [1.165, 1.54) is 6.07 Å². The Hall–Kier alpha value is -3.49. The minimum absolute atomic E-state index is 0.0566. The molecule has 2 fully saturated rings. The van der Waals surface area contributed by atoms with E-state index in [-0.39, 0.29) is 24.2 Å². The van der Waals surface area contributed by atoms with Crippen molar-refractivity contribution in [1.82, 2.24) is 21.1 Å². The fraction of sp³-hybridized carbons (Fsp3) is 0.409. The molecule has 2 heterocycles. The summed E-state index contributed by atoms with van der Waals surface area (Å²) in [7, 11) is 0. The molecule has 0 spiro atoms. The lowest BCUT2D eigenvalue weighted by Gasteiger charge is -2.31. The predicted molar refractivity (Wildman–Crippen MR) is 111 cm³/mol. The Kier molecular flexibility index (Phi) is 6.40. The van der Waals surface area contributed by atoms with Gasteiger partial charge in [-0.2, -0.15) is 0 Å². The van der Waals surface area contributed by atoms with Gasteiger partial charge in [-0.25, -0.2) is 10.2 Å². The molecule has 4 rings (SSSR count). The van der Waals surface area contributed by atoms with E-state index in [1.54, 1.807) is 11.0 Å². The summed E-state index contributed by atoms with van der Waals surface area (Å²) in [5.41, 5.74) is 4.76. The number of amides is 4. The Labute approximate surface area is 180 Å². The molecule has 164 valence electrons. The van der Waals surface area contributed by atoms with Gasteiger partial charge in [0, 0.05) is 25.0 Å². The van der Waals surface area contributed by atoms with E-state index in [2.05, 4.69) is 16.2 Å². The molecule has 2 aromatic rings. The van der Waals surface area contributed by atoms with Gasteiger partial charge in [0.25, 0.3) is 0 Å². The number of hydrogen-bond acceptors (Lipinski definition) is 5. The molecule has 3 N–H and O–H groups in total. The van der Waals surface area contributed by atoms with Crippen LogP contribution in [0.4, 0.5) is 4.79 Å². The monoisotopic (exact) mass is 426 g/mol. The number of furan rings is 1.